The summed E-state index contributed by atoms with van der Waals surface area (Å²) in [4.78, 5) is 20.2. The van der Waals surface area contributed by atoms with Crippen LogP contribution in [0.25, 0.3) is 22.5 Å². The third-order valence-corrected chi connectivity index (χ3v) is 5.73. The van der Waals surface area contributed by atoms with Gasteiger partial charge in [-0.25, -0.2) is 27.6 Å². The number of rotatable bonds is 9. The number of ether oxygens (including phenoxy) is 1. The summed E-state index contributed by atoms with van der Waals surface area (Å²) in [5.74, 6) is -0.733. The Balaban J connectivity index is 2.09. The number of aryl methyl sites for hydroxylation is 1. The maximum absolute atomic E-state index is 15.5. The first kappa shape index (κ1) is 24.4. The van der Waals surface area contributed by atoms with E-state index in [0.717, 1.165) is 12.3 Å². The second-order valence-electron chi connectivity index (χ2n) is 8.25. The Kier molecular flexibility index (Phi) is 7.61. The van der Waals surface area contributed by atoms with E-state index in [1.54, 1.807) is 16.9 Å². The number of methoxy groups -OCH3 is 1. The van der Waals surface area contributed by atoms with E-state index in [1.807, 2.05) is 13.8 Å². The van der Waals surface area contributed by atoms with E-state index in [2.05, 4.69) is 29.8 Å². The Morgan fingerprint density at radius 2 is 2.03 bits per heavy atom. The highest BCUT2D eigenvalue weighted by Gasteiger charge is 2.22. The van der Waals surface area contributed by atoms with Crippen LogP contribution in [0.3, 0.4) is 0 Å². The summed E-state index contributed by atoms with van der Waals surface area (Å²) in [6.07, 6.45) is 1.06. The second-order valence-corrected chi connectivity index (χ2v) is 10.4. The van der Waals surface area contributed by atoms with Crippen LogP contribution in [0.15, 0.2) is 30.6 Å². The number of anilines is 1. The molecule has 0 radical (unpaired) electrons. The molecular weight excluding hydrogens is 511 g/mol. The zero-order valence-electron chi connectivity index (χ0n) is 22.3. The zero-order chi connectivity index (χ0) is 28.4. The Hall–Kier alpha value is -3.25. The summed E-state index contributed by atoms with van der Waals surface area (Å²) in [7, 11) is -2.61. The minimum atomic E-state index is -3.79. The molecule has 1 amide bonds. The van der Waals surface area contributed by atoms with Crippen molar-refractivity contribution in [1.29, 1.82) is 0 Å². The molecule has 1 aromatic carbocycles. The highest BCUT2D eigenvalue weighted by molar-refractivity contribution is 7.92. The van der Waals surface area contributed by atoms with Crippen molar-refractivity contribution in [2.24, 2.45) is 0 Å². The maximum Gasteiger partial charge on any atom is 0.407 e. The maximum atomic E-state index is 15.5. The van der Waals surface area contributed by atoms with Crippen molar-refractivity contribution in [3.05, 3.63) is 47.3 Å². The minimum Gasteiger partial charge on any atom is -0.453 e. The molecule has 2 aromatic heterocycles. The molecule has 0 spiro atoms. The van der Waals surface area contributed by atoms with Crippen molar-refractivity contribution in [3.8, 4) is 22.5 Å². The minimum absolute atomic E-state index is 0.0514. The molecule has 10 nitrogen and oxygen atoms in total. The van der Waals surface area contributed by atoms with Crippen molar-refractivity contribution in [1.82, 2.24) is 25.1 Å². The Labute approximate surface area is 217 Å². The van der Waals surface area contributed by atoms with Crippen LogP contribution in [-0.2, 0) is 21.2 Å². The fraction of sp³-hybridized carbons (Fsp3) is 0.391. The standard InChI is InChI=1S/C23H28ClFN6O4S/c1-13(2)31-12-17(18-8-9-26-20(28-18)7-6-14(3)27-23(32)35-4)22(29-31)16-10-15(24)11-19(21(16)25)30-36(5,33)34/h8-14,30H,6-7H2,1-5H3,(H,27,32)/i6D2. The van der Waals surface area contributed by atoms with E-state index in [9.17, 15) is 13.2 Å². The third-order valence-electron chi connectivity index (χ3n) is 4.92. The topological polar surface area (TPSA) is 128 Å². The molecule has 0 fully saturated rings. The van der Waals surface area contributed by atoms with Gasteiger partial charge in [0.1, 0.15) is 11.5 Å². The average molecular weight is 541 g/mol. The lowest BCUT2D eigenvalue weighted by atomic mass is 10.0. The van der Waals surface area contributed by atoms with Crippen LogP contribution < -0.4 is 10.0 Å². The van der Waals surface area contributed by atoms with Gasteiger partial charge in [0.05, 0.1) is 24.7 Å². The van der Waals surface area contributed by atoms with Crippen LogP contribution in [0.2, 0.25) is 5.02 Å². The fourth-order valence-electron chi connectivity index (χ4n) is 3.24. The van der Waals surface area contributed by atoms with Gasteiger partial charge in [-0.2, -0.15) is 5.10 Å². The van der Waals surface area contributed by atoms with E-state index in [1.165, 1.54) is 26.3 Å². The number of carbonyl (C=O) groups is 1. The zero-order valence-corrected chi connectivity index (χ0v) is 21.9. The lowest BCUT2D eigenvalue weighted by Crippen LogP contribution is -2.32. The van der Waals surface area contributed by atoms with Gasteiger partial charge in [0.25, 0.3) is 0 Å². The molecule has 0 bridgehead atoms. The van der Waals surface area contributed by atoms with Crippen LogP contribution in [-0.4, -0.2) is 53.7 Å². The lowest BCUT2D eigenvalue weighted by molar-refractivity contribution is 0.167. The van der Waals surface area contributed by atoms with Gasteiger partial charge in [-0.05, 0) is 45.3 Å². The molecule has 13 heteroatoms. The number of nitrogens with one attached hydrogen (secondary N) is 2. The van der Waals surface area contributed by atoms with Gasteiger partial charge in [0, 0.05) is 49.8 Å². The first-order chi connectivity index (χ1) is 17.6. The Morgan fingerprint density at radius 1 is 1.31 bits per heavy atom. The molecule has 1 atom stereocenters. The molecule has 0 aliphatic rings. The summed E-state index contributed by atoms with van der Waals surface area (Å²) in [5, 5.41) is 7.01. The molecule has 3 aromatic rings. The number of aromatic nitrogens is 4. The van der Waals surface area contributed by atoms with Gasteiger partial charge >= 0.3 is 6.09 Å². The van der Waals surface area contributed by atoms with Gasteiger partial charge in [-0.15, -0.1) is 0 Å². The van der Waals surface area contributed by atoms with Gasteiger partial charge in [-0.1, -0.05) is 11.6 Å². The fourth-order valence-corrected chi connectivity index (χ4v) is 4.01. The molecule has 2 N–H and O–H groups in total. The number of hydrogen-bond acceptors (Lipinski definition) is 7. The van der Waals surface area contributed by atoms with Crippen LogP contribution >= 0.6 is 11.6 Å². The summed E-state index contributed by atoms with van der Waals surface area (Å²) in [6, 6.07) is 3.04. The average Bonchev–Trinajstić information content (AvgIpc) is 3.25. The predicted octanol–water partition coefficient (Wildman–Crippen LogP) is 4.43. The van der Waals surface area contributed by atoms with E-state index in [0.29, 0.717) is 11.3 Å². The molecule has 1 unspecified atom stereocenters. The van der Waals surface area contributed by atoms with Crippen LogP contribution in [0.4, 0.5) is 14.9 Å². The van der Waals surface area contributed by atoms with E-state index >= 15 is 4.39 Å². The number of hydrogen-bond donors (Lipinski definition) is 2. The monoisotopic (exact) mass is 540 g/mol. The molecule has 0 saturated heterocycles. The Morgan fingerprint density at radius 3 is 2.67 bits per heavy atom. The van der Waals surface area contributed by atoms with Crippen molar-refractivity contribution in [2.75, 3.05) is 18.1 Å². The smallest absolute Gasteiger partial charge is 0.407 e. The largest absolute Gasteiger partial charge is 0.453 e. The predicted molar refractivity (Wildman–Crippen MR) is 136 cm³/mol. The number of amides is 1. The quantitative estimate of drug-likeness (QED) is 0.411. The van der Waals surface area contributed by atoms with Crippen LogP contribution in [0.1, 0.15) is 41.8 Å². The van der Waals surface area contributed by atoms with E-state index < -0.39 is 34.3 Å². The van der Waals surface area contributed by atoms with E-state index in [-0.39, 0.29) is 40.3 Å². The molecule has 194 valence electrons. The number of alkyl carbamates (subject to hydrolysis) is 1. The van der Waals surface area contributed by atoms with Crippen molar-refractivity contribution in [3.63, 3.8) is 0 Å². The Bertz CT molecular complexity index is 1450. The van der Waals surface area contributed by atoms with Crippen LogP contribution in [0.5, 0.6) is 0 Å². The highest BCUT2D eigenvalue weighted by Crippen LogP contribution is 2.37. The van der Waals surface area contributed by atoms with Gasteiger partial charge in [0.2, 0.25) is 10.0 Å². The molecule has 2 heterocycles. The number of benzene rings is 1. The highest BCUT2D eigenvalue weighted by atomic mass is 35.5. The van der Waals surface area contributed by atoms with Crippen LogP contribution in [0, 0.1) is 5.82 Å². The first-order valence-electron chi connectivity index (χ1n) is 11.8. The summed E-state index contributed by atoms with van der Waals surface area (Å²) in [6.45, 7) is 5.25. The van der Waals surface area contributed by atoms with E-state index in [4.69, 9.17) is 14.3 Å². The SMILES string of the molecule is [2H]C([2H])(Cc1nccc(-c2cn(C(C)C)nc2-c2cc(Cl)cc(NS(C)(=O)=O)c2F)n1)C(C)NC(=O)OC. The molecular formula is C23H28ClFN6O4S. The number of sulfonamides is 1. The number of nitrogens with zero attached hydrogens (tertiary/aromatic N) is 4. The molecule has 0 saturated carbocycles. The van der Waals surface area contributed by atoms with Crippen molar-refractivity contribution in [2.45, 2.75) is 45.6 Å². The lowest BCUT2D eigenvalue weighted by Gasteiger charge is -2.12. The number of halogens is 2. The second kappa shape index (κ2) is 11.2. The summed E-state index contributed by atoms with van der Waals surface area (Å²) < 4.78 is 64.1. The first-order valence-corrected chi connectivity index (χ1v) is 13.1. The van der Waals surface area contributed by atoms with Crippen molar-refractivity contribution < 1.29 is 25.1 Å². The molecule has 3 rings (SSSR count). The molecule has 0 aliphatic carbocycles. The third kappa shape index (κ3) is 6.91. The van der Waals surface area contributed by atoms with Crippen molar-refractivity contribution >= 4 is 33.4 Å². The van der Waals surface area contributed by atoms with Gasteiger partial charge in [0.15, 0.2) is 5.82 Å². The normalized spacial score (nSPS) is 13.7. The molecule has 36 heavy (non-hydrogen) atoms. The summed E-state index contributed by atoms with van der Waals surface area (Å²) >= 11 is 6.20. The van der Waals surface area contributed by atoms with Gasteiger partial charge < -0.3 is 10.1 Å². The number of carbonyl (C=O) groups excluding carboxylic acids is 1. The molecule has 0 aliphatic heterocycles. The van der Waals surface area contributed by atoms with Gasteiger partial charge in [-0.3, -0.25) is 9.40 Å². The summed E-state index contributed by atoms with van der Waals surface area (Å²) in [5.41, 5.74) is 0.505.